The molecule has 40 heavy (non-hydrogen) atoms. The summed E-state index contributed by atoms with van der Waals surface area (Å²) in [5.74, 6) is -0.735. The van der Waals surface area contributed by atoms with Gasteiger partial charge in [-0.1, -0.05) is 66.2 Å². The molecule has 1 aliphatic heterocycles. The molecule has 0 bridgehead atoms. The van der Waals surface area contributed by atoms with Crippen molar-refractivity contribution < 1.29 is 14.1 Å². The van der Waals surface area contributed by atoms with Gasteiger partial charge in [0, 0.05) is 39.1 Å². The standard InChI is InChI=1S/C31H23Cl2FN2O3S/c32-19-14-21-27-22(16-26(28(27)33)40-25-9-5-4-8-24(25)36(38)39)29(17-10-12-20(34)13-11-17)35-30(21)23(15-19)31(37)18-6-2-1-3-7-18/h1-15,22,26-29,35H,16H2/t22-,26+,27-,28+,29-/m1/s1. The molecule has 0 unspecified atom stereocenters. The summed E-state index contributed by atoms with van der Waals surface area (Å²) in [7, 11) is 0. The van der Waals surface area contributed by atoms with E-state index < -0.39 is 5.38 Å². The highest BCUT2D eigenvalue weighted by atomic mass is 35.5. The Labute approximate surface area is 244 Å². The molecule has 2 aliphatic rings. The molecule has 0 radical (unpaired) electrons. The van der Waals surface area contributed by atoms with Gasteiger partial charge in [-0.05, 0) is 53.8 Å². The lowest BCUT2D eigenvalue weighted by molar-refractivity contribution is -0.387. The van der Waals surface area contributed by atoms with Crippen LogP contribution in [0.4, 0.5) is 15.8 Å². The highest BCUT2D eigenvalue weighted by Crippen LogP contribution is 2.59. The second-order valence-corrected chi connectivity index (χ2v) is 12.3. The second-order valence-electron chi connectivity index (χ2n) is 10.0. The number of benzene rings is 4. The maximum absolute atomic E-state index is 13.9. The Hall–Kier alpha value is -3.39. The molecule has 6 rings (SSSR count). The number of carbonyl (C=O) groups is 1. The fourth-order valence-corrected chi connectivity index (χ4v) is 8.15. The van der Waals surface area contributed by atoms with Gasteiger partial charge in [-0.2, -0.15) is 0 Å². The minimum atomic E-state index is -0.406. The molecule has 0 saturated heterocycles. The first-order chi connectivity index (χ1) is 19.3. The van der Waals surface area contributed by atoms with Crippen molar-refractivity contribution in [3.8, 4) is 0 Å². The number of hydrogen-bond acceptors (Lipinski definition) is 5. The lowest BCUT2D eigenvalue weighted by Crippen LogP contribution is -2.32. The quantitative estimate of drug-likeness (QED) is 0.105. The summed E-state index contributed by atoms with van der Waals surface area (Å²) in [5, 5.41) is 15.2. The van der Waals surface area contributed by atoms with Crippen LogP contribution in [-0.2, 0) is 0 Å². The molecule has 1 aliphatic carbocycles. The van der Waals surface area contributed by atoms with Crippen molar-refractivity contribution in [1.82, 2.24) is 0 Å². The highest BCUT2D eigenvalue weighted by Gasteiger charge is 2.51. The Morgan fingerprint density at radius 3 is 2.42 bits per heavy atom. The fraction of sp³-hybridized carbons (Fsp3) is 0.194. The first kappa shape index (κ1) is 26.8. The zero-order valence-corrected chi connectivity index (χ0v) is 23.3. The number of halogens is 3. The van der Waals surface area contributed by atoms with Gasteiger partial charge >= 0.3 is 0 Å². The predicted octanol–water partition coefficient (Wildman–Crippen LogP) is 8.66. The SMILES string of the molecule is O=C(c1ccccc1)c1cc(Cl)cc2c1N[C@H](c1ccc(F)cc1)[C@@H]1C[C@H](Sc3ccccc3[N+](=O)[O-])[C@H](Cl)[C@H]21. The van der Waals surface area contributed by atoms with E-state index in [1.54, 1.807) is 48.5 Å². The van der Waals surface area contributed by atoms with Crippen LogP contribution in [0.1, 0.15) is 45.4 Å². The van der Waals surface area contributed by atoms with Crippen molar-refractivity contribution in [2.24, 2.45) is 5.92 Å². The number of nitrogens with zero attached hydrogens (tertiary/aromatic N) is 1. The second kappa shape index (κ2) is 10.9. The minimum Gasteiger partial charge on any atom is -0.377 e. The van der Waals surface area contributed by atoms with E-state index in [-0.39, 0.29) is 45.3 Å². The Morgan fingerprint density at radius 1 is 1.00 bits per heavy atom. The largest absolute Gasteiger partial charge is 0.377 e. The molecule has 1 N–H and O–H groups in total. The zero-order chi connectivity index (χ0) is 28.0. The monoisotopic (exact) mass is 592 g/mol. The molecule has 0 spiro atoms. The van der Waals surface area contributed by atoms with Gasteiger partial charge in [-0.25, -0.2) is 4.39 Å². The number of ketones is 1. The maximum Gasteiger partial charge on any atom is 0.282 e. The van der Waals surface area contributed by atoms with Crippen molar-refractivity contribution in [3.05, 3.63) is 134 Å². The van der Waals surface area contributed by atoms with Crippen LogP contribution < -0.4 is 5.32 Å². The predicted molar refractivity (Wildman–Crippen MR) is 157 cm³/mol. The van der Waals surface area contributed by atoms with Gasteiger partial charge in [-0.3, -0.25) is 14.9 Å². The van der Waals surface area contributed by atoms with E-state index in [1.165, 1.54) is 30.0 Å². The van der Waals surface area contributed by atoms with Gasteiger partial charge in [0.1, 0.15) is 5.82 Å². The van der Waals surface area contributed by atoms with Crippen LogP contribution in [0, 0.1) is 21.8 Å². The van der Waals surface area contributed by atoms with Gasteiger partial charge in [0.2, 0.25) is 0 Å². The number of anilines is 1. The van der Waals surface area contributed by atoms with Crippen LogP contribution in [0.25, 0.3) is 0 Å². The topological polar surface area (TPSA) is 72.2 Å². The fourth-order valence-electron chi connectivity index (χ4n) is 5.98. The van der Waals surface area contributed by atoms with E-state index in [0.717, 1.165) is 11.1 Å². The van der Waals surface area contributed by atoms with Crippen molar-refractivity contribution in [2.45, 2.75) is 33.9 Å². The Morgan fingerprint density at radius 2 is 1.70 bits per heavy atom. The number of alkyl halides is 1. The summed E-state index contributed by atoms with van der Waals surface area (Å²) in [6.07, 6.45) is 0.651. The molecule has 0 amide bonds. The summed E-state index contributed by atoms with van der Waals surface area (Å²) in [6.45, 7) is 0. The molecule has 1 fully saturated rings. The third-order valence-corrected chi connectivity index (χ3v) is 10.1. The number of fused-ring (bicyclic) bond motifs is 3. The maximum atomic E-state index is 13.9. The molecule has 1 heterocycles. The molecule has 5 nitrogen and oxygen atoms in total. The smallest absolute Gasteiger partial charge is 0.282 e. The average Bonchev–Trinajstić information content (AvgIpc) is 3.29. The van der Waals surface area contributed by atoms with E-state index in [9.17, 15) is 19.3 Å². The molecular formula is C31H23Cl2FN2O3S. The number of hydrogen-bond donors (Lipinski definition) is 1. The number of carbonyl (C=O) groups excluding carboxylic acids is 1. The molecule has 4 aromatic carbocycles. The molecule has 0 aromatic heterocycles. The van der Waals surface area contributed by atoms with Crippen LogP contribution in [0.15, 0.2) is 95.9 Å². The van der Waals surface area contributed by atoms with Crippen LogP contribution in [0.5, 0.6) is 0 Å². The number of thioether (sulfide) groups is 1. The number of rotatable bonds is 6. The van der Waals surface area contributed by atoms with E-state index in [4.69, 9.17) is 23.2 Å². The summed E-state index contributed by atoms with van der Waals surface area (Å²) in [4.78, 5) is 25.5. The van der Waals surface area contributed by atoms with Crippen molar-refractivity contribution in [2.75, 3.05) is 5.32 Å². The van der Waals surface area contributed by atoms with Gasteiger partial charge in [-0.15, -0.1) is 23.4 Å². The van der Waals surface area contributed by atoms with Crippen LogP contribution >= 0.6 is 35.0 Å². The van der Waals surface area contributed by atoms with Crippen molar-refractivity contribution >= 4 is 52.1 Å². The molecule has 202 valence electrons. The van der Waals surface area contributed by atoms with Crippen LogP contribution in [0.2, 0.25) is 5.02 Å². The molecule has 1 saturated carbocycles. The summed E-state index contributed by atoms with van der Waals surface area (Å²) >= 11 is 15.2. The molecule has 9 heteroatoms. The van der Waals surface area contributed by atoms with Gasteiger partial charge < -0.3 is 5.32 Å². The third kappa shape index (κ3) is 4.87. The van der Waals surface area contributed by atoms with E-state index in [0.29, 0.717) is 33.2 Å². The Balaban J connectivity index is 1.46. The summed E-state index contributed by atoms with van der Waals surface area (Å²) in [5.41, 5.74) is 3.40. The Kier molecular flexibility index (Phi) is 7.29. The van der Waals surface area contributed by atoms with Crippen LogP contribution in [-0.4, -0.2) is 21.3 Å². The highest BCUT2D eigenvalue weighted by molar-refractivity contribution is 8.00. The van der Waals surface area contributed by atoms with Gasteiger partial charge in [0.05, 0.1) is 21.2 Å². The molecule has 5 atom stereocenters. The minimum absolute atomic E-state index is 0.0288. The van der Waals surface area contributed by atoms with E-state index in [2.05, 4.69) is 5.32 Å². The summed E-state index contributed by atoms with van der Waals surface area (Å²) < 4.78 is 13.9. The lowest BCUT2D eigenvalue weighted by Gasteiger charge is -2.39. The number of para-hydroxylation sites is 1. The normalized spacial score (nSPS) is 23.1. The van der Waals surface area contributed by atoms with Gasteiger partial charge in [0.25, 0.3) is 5.69 Å². The summed E-state index contributed by atoms with van der Waals surface area (Å²) in [6, 6.07) is 25.3. The van der Waals surface area contributed by atoms with E-state index >= 15 is 0 Å². The number of nitro benzene ring substituents is 1. The first-order valence-corrected chi connectivity index (χ1v) is 14.5. The van der Waals surface area contributed by atoms with E-state index in [1.807, 2.05) is 24.3 Å². The number of nitro groups is 1. The van der Waals surface area contributed by atoms with Crippen molar-refractivity contribution in [1.29, 1.82) is 0 Å². The van der Waals surface area contributed by atoms with Crippen molar-refractivity contribution in [3.63, 3.8) is 0 Å². The molecular weight excluding hydrogens is 570 g/mol. The molecule has 4 aromatic rings. The first-order valence-electron chi connectivity index (χ1n) is 12.8. The Bertz CT molecular complexity index is 1600. The third-order valence-electron chi connectivity index (χ3n) is 7.73. The van der Waals surface area contributed by atoms with Gasteiger partial charge in [0.15, 0.2) is 5.78 Å². The number of nitrogens with one attached hydrogen (secondary N) is 1. The lowest BCUT2D eigenvalue weighted by atomic mass is 9.76. The average molecular weight is 594 g/mol. The van der Waals surface area contributed by atoms with Crippen LogP contribution in [0.3, 0.4) is 0 Å². The zero-order valence-electron chi connectivity index (χ0n) is 21.0.